The Hall–Kier alpha value is -6.26. The summed E-state index contributed by atoms with van der Waals surface area (Å²) >= 11 is 0. The molecule has 4 atom stereocenters. The van der Waals surface area contributed by atoms with Crippen molar-refractivity contribution in [3.8, 4) is 22.3 Å². The van der Waals surface area contributed by atoms with Gasteiger partial charge in [0.15, 0.2) is 0 Å². The van der Waals surface area contributed by atoms with Crippen molar-refractivity contribution < 1.29 is 0 Å². The minimum atomic E-state index is 0.0479. The number of hydrogen-bond acceptors (Lipinski definition) is 4. The van der Waals surface area contributed by atoms with E-state index in [2.05, 4.69) is 180 Å². The number of hydrogen-bond donors (Lipinski definition) is 0. The molecule has 238 valence electrons. The zero-order chi connectivity index (χ0) is 33.0. The van der Waals surface area contributed by atoms with Gasteiger partial charge >= 0.3 is 0 Å². The molecule has 5 aromatic carbocycles. The van der Waals surface area contributed by atoms with Crippen molar-refractivity contribution in [1.29, 1.82) is 0 Å². The third-order valence-corrected chi connectivity index (χ3v) is 10.7. The first-order valence-electron chi connectivity index (χ1n) is 17.4. The Bertz CT molecular complexity index is 2350. The molecular formula is C46H34N4. The van der Waals surface area contributed by atoms with Crippen LogP contribution in [0.5, 0.6) is 0 Å². The lowest BCUT2D eigenvalue weighted by Gasteiger charge is -2.34. The van der Waals surface area contributed by atoms with Crippen molar-refractivity contribution in [3.05, 3.63) is 199 Å². The van der Waals surface area contributed by atoms with Crippen molar-refractivity contribution in [3.63, 3.8) is 0 Å². The average Bonchev–Trinajstić information content (AvgIpc) is 3.46. The summed E-state index contributed by atoms with van der Waals surface area (Å²) < 4.78 is 0. The van der Waals surface area contributed by atoms with Gasteiger partial charge < -0.3 is 9.80 Å². The predicted octanol–water partition coefficient (Wildman–Crippen LogP) is 10.8. The Balaban J connectivity index is 1.07. The highest BCUT2D eigenvalue weighted by atomic mass is 15.3. The first kappa shape index (κ1) is 28.7. The molecule has 0 N–H and O–H groups in total. The van der Waals surface area contributed by atoms with E-state index in [1.807, 2.05) is 12.4 Å². The highest BCUT2D eigenvalue weighted by Gasteiger charge is 2.40. The first-order valence-corrected chi connectivity index (χ1v) is 17.4. The van der Waals surface area contributed by atoms with Gasteiger partial charge in [-0.15, -0.1) is 0 Å². The summed E-state index contributed by atoms with van der Waals surface area (Å²) in [4.78, 5) is 15.1. The molecule has 4 unspecified atom stereocenters. The number of benzene rings is 5. The van der Waals surface area contributed by atoms with Crippen LogP contribution < -0.4 is 9.80 Å². The minimum Gasteiger partial charge on any atom is -0.331 e. The normalized spacial score (nSPS) is 21.0. The first-order chi connectivity index (χ1) is 24.8. The van der Waals surface area contributed by atoms with E-state index in [0.29, 0.717) is 5.95 Å². The number of allylic oxidation sites excluding steroid dienone is 4. The molecule has 6 aromatic rings. The summed E-state index contributed by atoms with van der Waals surface area (Å²) in [6.45, 7) is 0. The fourth-order valence-electron chi connectivity index (χ4n) is 8.37. The van der Waals surface area contributed by atoms with Gasteiger partial charge in [-0.25, -0.2) is 9.97 Å². The summed E-state index contributed by atoms with van der Waals surface area (Å²) in [5, 5.41) is 0. The van der Waals surface area contributed by atoms with Crippen LogP contribution in [0.1, 0.15) is 28.5 Å². The second-order valence-electron chi connectivity index (χ2n) is 13.4. The van der Waals surface area contributed by atoms with Gasteiger partial charge in [0.25, 0.3) is 0 Å². The molecular weight excluding hydrogens is 609 g/mol. The maximum atomic E-state index is 5.16. The maximum absolute atomic E-state index is 5.16. The van der Waals surface area contributed by atoms with E-state index in [4.69, 9.17) is 9.97 Å². The summed E-state index contributed by atoms with van der Waals surface area (Å²) in [6.07, 6.45) is 20.0. The van der Waals surface area contributed by atoms with E-state index >= 15 is 0 Å². The van der Waals surface area contributed by atoms with Gasteiger partial charge in [0.05, 0.1) is 35.9 Å². The predicted molar refractivity (Wildman–Crippen MR) is 205 cm³/mol. The van der Waals surface area contributed by atoms with E-state index in [1.165, 1.54) is 50.2 Å². The summed E-state index contributed by atoms with van der Waals surface area (Å²) in [6, 6.07) is 45.9. The second-order valence-corrected chi connectivity index (χ2v) is 13.4. The molecule has 3 heterocycles. The summed E-state index contributed by atoms with van der Waals surface area (Å²) in [5.74, 6) is 1.06. The Morgan fingerprint density at radius 2 is 1.16 bits per heavy atom. The molecule has 0 saturated heterocycles. The Morgan fingerprint density at radius 1 is 0.480 bits per heavy atom. The molecule has 0 spiro atoms. The van der Waals surface area contributed by atoms with E-state index in [9.17, 15) is 0 Å². The zero-order valence-corrected chi connectivity index (χ0v) is 27.4. The van der Waals surface area contributed by atoms with Gasteiger partial charge in [-0.3, -0.25) is 0 Å². The highest BCUT2D eigenvalue weighted by molar-refractivity contribution is 5.87. The number of anilines is 4. The van der Waals surface area contributed by atoms with Crippen molar-refractivity contribution in [2.45, 2.75) is 23.9 Å². The molecule has 0 saturated carbocycles. The number of nitrogens with zero attached hydrogens (tertiary/aromatic N) is 4. The Morgan fingerprint density at radius 3 is 1.98 bits per heavy atom. The molecule has 10 rings (SSSR count). The van der Waals surface area contributed by atoms with Crippen molar-refractivity contribution in [1.82, 2.24) is 9.97 Å². The second kappa shape index (κ2) is 11.7. The molecule has 2 aliphatic heterocycles. The summed E-state index contributed by atoms with van der Waals surface area (Å²) in [5.41, 5.74) is 13.3. The fourth-order valence-corrected chi connectivity index (χ4v) is 8.37. The lowest BCUT2D eigenvalue weighted by Crippen LogP contribution is -2.35. The molecule has 2 aliphatic carbocycles. The van der Waals surface area contributed by atoms with Crippen LogP contribution in [0.3, 0.4) is 0 Å². The van der Waals surface area contributed by atoms with Gasteiger partial charge in [-0.1, -0.05) is 152 Å². The SMILES string of the molecule is C1=CC2c3ccccc3-c3ccccc3N(c3ncc(N4c5ccc(-c6ccccc6)cc5C5C=C(c6ccccc6)C=CC54)cn3)C2C=C1. The summed E-state index contributed by atoms with van der Waals surface area (Å²) in [7, 11) is 0. The standard InChI is InChI=1S/C46H34N4/c1-3-13-31(14-4-1)33-23-25-44-40(27-33)41-28-34(32-15-5-2-6-16-32)24-26-45(41)49(44)35-29-47-46(48-30-35)50-42-21-11-9-19-38(42)36-17-7-8-18-37(36)39-20-10-12-22-43(39)50/h1-30,38,40,42,44H. The van der Waals surface area contributed by atoms with Crippen LogP contribution in [0.4, 0.5) is 23.0 Å². The molecule has 4 nitrogen and oxygen atoms in total. The molecule has 0 bridgehead atoms. The number of para-hydroxylation sites is 1. The van der Waals surface area contributed by atoms with Gasteiger partial charge in [0.2, 0.25) is 5.95 Å². The van der Waals surface area contributed by atoms with Gasteiger partial charge in [-0.05, 0) is 57.2 Å². The monoisotopic (exact) mass is 642 g/mol. The van der Waals surface area contributed by atoms with Crippen molar-refractivity contribution >= 4 is 28.6 Å². The largest absolute Gasteiger partial charge is 0.331 e. The van der Waals surface area contributed by atoms with Crippen LogP contribution in [0.25, 0.3) is 27.8 Å². The smallest absolute Gasteiger partial charge is 0.230 e. The quantitative estimate of drug-likeness (QED) is 0.192. The number of rotatable bonds is 4. The van der Waals surface area contributed by atoms with Crippen LogP contribution in [-0.2, 0) is 0 Å². The van der Waals surface area contributed by atoms with Gasteiger partial charge in [0, 0.05) is 23.1 Å². The number of fused-ring (bicyclic) bond motifs is 8. The molecule has 1 aromatic heterocycles. The van der Waals surface area contributed by atoms with Gasteiger partial charge in [-0.2, -0.15) is 0 Å². The lowest BCUT2D eigenvalue weighted by molar-refractivity contribution is 0.683. The van der Waals surface area contributed by atoms with Crippen molar-refractivity contribution in [2.75, 3.05) is 9.80 Å². The van der Waals surface area contributed by atoms with E-state index in [-0.39, 0.29) is 23.9 Å². The van der Waals surface area contributed by atoms with Crippen LogP contribution in [0.2, 0.25) is 0 Å². The average molecular weight is 643 g/mol. The van der Waals surface area contributed by atoms with Crippen LogP contribution in [0.15, 0.2) is 182 Å². The van der Waals surface area contributed by atoms with Crippen molar-refractivity contribution in [2.24, 2.45) is 0 Å². The molecule has 50 heavy (non-hydrogen) atoms. The fraction of sp³-hybridized carbons (Fsp3) is 0.0870. The molecule has 0 amide bonds. The topological polar surface area (TPSA) is 32.3 Å². The Kier molecular flexibility index (Phi) is 6.73. The van der Waals surface area contributed by atoms with E-state index < -0.39 is 0 Å². The highest BCUT2D eigenvalue weighted by Crippen LogP contribution is 2.51. The third-order valence-electron chi connectivity index (χ3n) is 10.7. The maximum Gasteiger partial charge on any atom is 0.230 e. The van der Waals surface area contributed by atoms with E-state index in [1.54, 1.807) is 0 Å². The van der Waals surface area contributed by atoms with Crippen LogP contribution in [0, 0.1) is 0 Å². The van der Waals surface area contributed by atoms with Gasteiger partial charge in [0.1, 0.15) is 0 Å². The molecule has 0 radical (unpaired) electrons. The lowest BCUT2D eigenvalue weighted by atomic mass is 9.85. The molecule has 4 aliphatic rings. The molecule has 4 heteroatoms. The third kappa shape index (κ3) is 4.60. The Labute approximate surface area is 292 Å². The zero-order valence-electron chi connectivity index (χ0n) is 27.4. The van der Waals surface area contributed by atoms with Crippen LogP contribution >= 0.6 is 0 Å². The van der Waals surface area contributed by atoms with Crippen LogP contribution in [-0.4, -0.2) is 22.1 Å². The number of aromatic nitrogens is 2. The minimum absolute atomic E-state index is 0.0479. The molecule has 0 fully saturated rings. The van der Waals surface area contributed by atoms with E-state index in [0.717, 1.165) is 11.4 Å².